The second-order valence-electron chi connectivity index (χ2n) is 4.97. The summed E-state index contributed by atoms with van der Waals surface area (Å²) in [5.74, 6) is 0. The Morgan fingerprint density at radius 2 is 1.83 bits per heavy atom. The Kier molecular flexibility index (Phi) is 7.66. The van der Waals surface area contributed by atoms with Gasteiger partial charge in [-0.3, -0.25) is 4.98 Å². The molecule has 0 aliphatic carbocycles. The highest BCUT2D eigenvalue weighted by molar-refractivity contribution is 5.21. The van der Waals surface area contributed by atoms with Gasteiger partial charge in [0.05, 0.1) is 11.8 Å². The molecule has 18 heavy (non-hydrogen) atoms. The number of nitrogens with zero attached hydrogens (tertiary/aromatic N) is 1. The highest BCUT2D eigenvalue weighted by atomic mass is 16.3. The molecule has 0 saturated heterocycles. The number of unbranched alkanes of at least 4 members (excludes halogenated alkanes) is 5. The molecular formula is C16H27NO. The second-order valence-corrected chi connectivity index (χ2v) is 4.97. The normalized spacial score (nSPS) is 12.6. The van der Waals surface area contributed by atoms with Crippen molar-refractivity contribution in [3.8, 4) is 0 Å². The highest BCUT2D eigenvalue weighted by Gasteiger charge is 2.12. The number of aliphatic hydroxyl groups excluding tert-OH is 1. The number of hydrogen-bond donors (Lipinski definition) is 1. The molecule has 1 rings (SSSR count). The molecule has 0 fully saturated rings. The summed E-state index contributed by atoms with van der Waals surface area (Å²) in [5, 5.41) is 10.2. The van der Waals surface area contributed by atoms with E-state index in [0.29, 0.717) is 0 Å². The molecule has 0 aliphatic heterocycles. The number of pyridine rings is 1. The topological polar surface area (TPSA) is 33.1 Å². The fraction of sp³-hybridized carbons (Fsp3) is 0.688. The molecule has 2 heteroatoms. The van der Waals surface area contributed by atoms with Crippen molar-refractivity contribution >= 4 is 0 Å². The maximum absolute atomic E-state index is 10.2. The largest absolute Gasteiger partial charge is 0.387 e. The lowest BCUT2D eigenvalue weighted by Gasteiger charge is -2.13. The van der Waals surface area contributed by atoms with Crippen LogP contribution < -0.4 is 0 Å². The first-order valence-corrected chi connectivity index (χ1v) is 7.41. The van der Waals surface area contributed by atoms with E-state index in [0.717, 1.165) is 25.0 Å². The Morgan fingerprint density at radius 3 is 2.56 bits per heavy atom. The summed E-state index contributed by atoms with van der Waals surface area (Å²) in [6.45, 7) is 4.34. The predicted molar refractivity (Wildman–Crippen MR) is 76.6 cm³/mol. The van der Waals surface area contributed by atoms with Crippen molar-refractivity contribution in [3.05, 3.63) is 29.6 Å². The second kappa shape index (κ2) is 9.09. The molecule has 102 valence electrons. The van der Waals surface area contributed by atoms with E-state index >= 15 is 0 Å². The third-order valence-corrected chi connectivity index (χ3v) is 3.45. The predicted octanol–water partition coefficient (Wildman–Crippen LogP) is 4.43. The lowest BCUT2D eigenvalue weighted by atomic mass is 10.0. The van der Waals surface area contributed by atoms with Crippen LogP contribution in [0.2, 0.25) is 0 Å². The molecule has 0 aliphatic rings. The van der Waals surface area contributed by atoms with Gasteiger partial charge in [0.2, 0.25) is 0 Å². The van der Waals surface area contributed by atoms with E-state index in [2.05, 4.69) is 24.9 Å². The quantitative estimate of drug-likeness (QED) is 0.657. The minimum atomic E-state index is -0.382. The zero-order valence-corrected chi connectivity index (χ0v) is 11.9. The SMILES string of the molecule is CCCCCCCCC(O)c1ncccc1CC. The Morgan fingerprint density at radius 1 is 1.11 bits per heavy atom. The average Bonchev–Trinajstić information content (AvgIpc) is 2.42. The molecule has 1 heterocycles. The van der Waals surface area contributed by atoms with Gasteiger partial charge in [-0.2, -0.15) is 0 Å². The van der Waals surface area contributed by atoms with Crippen molar-refractivity contribution < 1.29 is 5.11 Å². The molecule has 0 bridgehead atoms. The Hall–Kier alpha value is -0.890. The molecule has 0 spiro atoms. The Bertz CT molecular complexity index is 325. The fourth-order valence-electron chi connectivity index (χ4n) is 2.30. The van der Waals surface area contributed by atoms with Crippen molar-refractivity contribution in [2.75, 3.05) is 0 Å². The van der Waals surface area contributed by atoms with E-state index < -0.39 is 0 Å². The lowest BCUT2D eigenvalue weighted by molar-refractivity contribution is 0.157. The van der Waals surface area contributed by atoms with E-state index in [4.69, 9.17) is 0 Å². The average molecular weight is 249 g/mol. The van der Waals surface area contributed by atoms with Gasteiger partial charge in [0, 0.05) is 6.20 Å². The number of hydrogen-bond acceptors (Lipinski definition) is 2. The van der Waals surface area contributed by atoms with Gasteiger partial charge in [0.1, 0.15) is 0 Å². The summed E-state index contributed by atoms with van der Waals surface area (Å²) < 4.78 is 0. The Balaban J connectivity index is 2.29. The molecule has 0 amide bonds. The summed E-state index contributed by atoms with van der Waals surface area (Å²) >= 11 is 0. The van der Waals surface area contributed by atoms with Gasteiger partial charge in [-0.25, -0.2) is 0 Å². The molecule has 0 radical (unpaired) electrons. The van der Waals surface area contributed by atoms with E-state index in [1.807, 2.05) is 6.07 Å². The fourth-order valence-corrected chi connectivity index (χ4v) is 2.30. The van der Waals surface area contributed by atoms with Gasteiger partial charge in [-0.05, 0) is 24.5 Å². The molecule has 1 aromatic heterocycles. The van der Waals surface area contributed by atoms with Crippen LogP contribution in [0.3, 0.4) is 0 Å². The van der Waals surface area contributed by atoms with E-state index in [1.54, 1.807) is 6.20 Å². The standard InChI is InChI=1S/C16H27NO/c1-3-5-6-7-8-9-12-15(18)16-14(4-2)11-10-13-17-16/h10-11,13,15,18H,3-9,12H2,1-2H3. The number of rotatable bonds is 9. The minimum Gasteiger partial charge on any atom is -0.387 e. The van der Waals surface area contributed by atoms with Crippen molar-refractivity contribution in [1.29, 1.82) is 0 Å². The number of aliphatic hydroxyl groups is 1. The number of aryl methyl sites for hydroxylation is 1. The molecule has 1 N–H and O–H groups in total. The first-order valence-electron chi connectivity index (χ1n) is 7.41. The van der Waals surface area contributed by atoms with Crippen LogP contribution in [-0.2, 0) is 6.42 Å². The number of aromatic nitrogens is 1. The third-order valence-electron chi connectivity index (χ3n) is 3.45. The van der Waals surface area contributed by atoms with Crippen LogP contribution in [-0.4, -0.2) is 10.1 Å². The molecule has 0 aromatic carbocycles. The van der Waals surface area contributed by atoms with Crippen molar-refractivity contribution in [2.45, 2.75) is 71.3 Å². The zero-order chi connectivity index (χ0) is 13.2. The van der Waals surface area contributed by atoms with E-state index in [1.165, 1.54) is 37.7 Å². The van der Waals surface area contributed by atoms with Crippen LogP contribution in [0.1, 0.15) is 76.2 Å². The summed E-state index contributed by atoms with van der Waals surface area (Å²) in [6, 6.07) is 4.01. The van der Waals surface area contributed by atoms with Crippen LogP contribution in [0.25, 0.3) is 0 Å². The maximum Gasteiger partial charge on any atom is 0.0962 e. The van der Waals surface area contributed by atoms with Gasteiger partial charge in [-0.15, -0.1) is 0 Å². The van der Waals surface area contributed by atoms with Gasteiger partial charge in [0.25, 0.3) is 0 Å². The van der Waals surface area contributed by atoms with Gasteiger partial charge >= 0.3 is 0 Å². The molecular weight excluding hydrogens is 222 g/mol. The van der Waals surface area contributed by atoms with Gasteiger partial charge < -0.3 is 5.11 Å². The monoisotopic (exact) mass is 249 g/mol. The van der Waals surface area contributed by atoms with Crippen molar-refractivity contribution in [1.82, 2.24) is 4.98 Å². The Labute approximate surface area is 111 Å². The molecule has 1 unspecified atom stereocenters. The van der Waals surface area contributed by atoms with Crippen LogP contribution in [0.5, 0.6) is 0 Å². The molecule has 1 atom stereocenters. The van der Waals surface area contributed by atoms with Crippen molar-refractivity contribution in [2.24, 2.45) is 0 Å². The van der Waals surface area contributed by atoms with E-state index in [-0.39, 0.29) is 6.10 Å². The van der Waals surface area contributed by atoms with Crippen molar-refractivity contribution in [3.63, 3.8) is 0 Å². The lowest BCUT2D eigenvalue weighted by Crippen LogP contribution is -2.04. The maximum atomic E-state index is 10.2. The molecule has 2 nitrogen and oxygen atoms in total. The van der Waals surface area contributed by atoms with Crippen LogP contribution in [0, 0.1) is 0 Å². The highest BCUT2D eigenvalue weighted by Crippen LogP contribution is 2.21. The van der Waals surface area contributed by atoms with E-state index in [9.17, 15) is 5.11 Å². The van der Waals surface area contributed by atoms with Gasteiger partial charge in [-0.1, -0.05) is 58.4 Å². The molecule has 1 aromatic rings. The summed E-state index contributed by atoms with van der Waals surface area (Å²) in [4.78, 5) is 4.33. The third kappa shape index (κ3) is 5.18. The van der Waals surface area contributed by atoms with Crippen LogP contribution in [0.4, 0.5) is 0 Å². The summed E-state index contributed by atoms with van der Waals surface area (Å²) in [7, 11) is 0. The smallest absolute Gasteiger partial charge is 0.0962 e. The first-order chi connectivity index (χ1) is 8.79. The summed E-state index contributed by atoms with van der Waals surface area (Å²) in [5.41, 5.74) is 2.06. The summed E-state index contributed by atoms with van der Waals surface area (Å²) in [6.07, 6.45) is 10.8. The molecule has 0 saturated carbocycles. The van der Waals surface area contributed by atoms with Crippen LogP contribution in [0.15, 0.2) is 18.3 Å². The zero-order valence-electron chi connectivity index (χ0n) is 11.9. The first kappa shape index (κ1) is 15.2. The minimum absolute atomic E-state index is 0.382. The van der Waals surface area contributed by atoms with Crippen LogP contribution >= 0.6 is 0 Å². The van der Waals surface area contributed by atoms with Gasteiger partial charge in [0.15, 0.2) is 0 Å².